The van der Waals surface area contributed by atoms with E-state index in [0.717, 1.165) is 24.2 Å². The smallest absolute Gasteiger partial charge is 0.228 e. The van der Waals surface area contributed by atoms with Gasteiger partial charge in [0.1, 0.15) is 11.2 Å². The third-order valence-electron chi connectivity index (χ3n) is 5.75. The minimum absolute atomic E-state index is 0.238. The molecule has 5 heterocycles. The second-order valence-electron chi connectivity index (χ2n) is 7.71. The predicted molar refractivity (Wildman–Crippen MR) is 121 cm³/mol. The highest BCUT2D eigenvalue weighted by atomic mass is 16.5. The molecule has 3 N–H and O–H groups in total. The van der Waals surface area contributed by atoms with Gasteiger partial charge in [-0.25, -0.2) is 19.9 Å². The number of aromatic nitrogens is 6. The van der Waals surface area contributed by atoms with Crippen LogP contribution in [0.15, 0.2) is 18.7 Å². The van der Waals surface area contributed by atoms with E-state index in [1.807, 2.05) is 18.7 Å². The number of H-pyrrole nitrogens is 1. The van der Waals surface area contributed by atoms with Gasteiger partial charge in [0, 0.05) is 44.1 Å². The lowest BCUT2D eigenvalue weighted by Gasteiger charge is -2.37. The number of nitrogens with zero attached hydrogens (tertiary/aromatic N) is 7. The number of piperidine rings is 1. The Kier molecular flexibility index (Phi) is 6.77. The highest BCUT2D eigenvalue weighted by molar-refractivity contribution is 5.87. The van der Waals surface area contributed by atoms with Gasteiger partial charge >= 0.3 is 0 Å². The monoisotopic (exact) mass is 442 g/mol. The molecule has 0 amide bonds. The Balaban J connectivity index is 0.00000119. The zero-order valence-electron chi connectivity index (χ0n) is 18.5. The lowest BCUT2D eigenvalue weighted by molar-refractivity contribution is -0.0327. The Hall–Kier alpha value is -2.89. The number of aliphatic hydroxyl groups excluding tert-OH is 1. The van der Waals surface area contributed by atoms with Gasteiger partial charge in [0.25, 0.3) is 0 Å². The highest BCUT2D eigenvalue weighted by Gasteiger charge is 2.32. The number of aromatic amines is 1. The number of aliphatic hydroxyl groups is 2. The van der Waals surface area contributed by atoms with E-state index < -0.39 is 5.60 Å². The van der Waals surface area contributed by atoms with Crippen molar-refractivity contribution in [2.24, 2.45) is 0 Å². The van der Waals surface area contributed by atoms with Crippen molar-refractivity contribution in [3.05, 3.63) is 18.7 Å². The minimum atomic E-state index is -1.03. The van der Waals surface area contributed by atoms with Gasteiger partial charge in [0.2, 0.25) is 11.9 Å². The summed E-state index contributed by atoms with van der Waals surface area (Å²) in [5.41, 5.74) is 1.72. The molecule has 32 heavy (non-hydrogen) atoms. The summed E-state index contributed by atoms with van der Waals surface area (Å²) >= 11 is 0. The Morgan fingerprint density at radius 1 is 0.969 bits per heavy atom. The van der Waals surface area contributed by atoms with Crippen LogP contribution in [-0.2, 0) is 4.74 Å². The molecule has 2 fully saturated rings. The van der Waals surface area contributed by atoms with Gasteiger partial charge in [-0.05, 0) is 12.8 Å². The molecule has 2 aliphatic heterocycles. The van der Waals surface area contributed by atoms with Gasteiger partial charge in [-0.2, -0.15) is 4.98 Å². The average Bonchev–Trinajstić information content (AvgIpc) is 3.35. The van der Waals surface area contributed by atoms with E-state index in [1.54, 1.807) is 18.7 Å². The first-order chi connectivity index (χ1) is 15.6. The minimum Gasteiger partial charge on any atom is -0.393 e. The molecule has 11 heteroatoms. The summed E-state index contributed by atoms with van der Waals surface area (Å²) in [6.45, 7) is 7.77. The van der Waals surface area contributed by atoms with Crippen molar-refractivity contribution in [3.8, 4) is 11.3 Å². The maximum absolute atomic E-state index is 10.3. The van der Waals surface area contributed by atoms with Crippen molar-refractivity contribution < 1.29 is 14.9 Å². The van der Waals surface area contributed by atoms with Crippen LogP contribution in [0, 0.1) is 0 Å². The molecule has 3 aromatic rings. The molecule has 0 atom stereocenters. The standard InChI is InChI=1S/C19H24N8O3.C2H6/c28-11-19(29)1-3-26(4-2-19)18-24-14(15-16(25-18)23-12-22-15)13-9-20-17(21-10-13)27-5-7-30-8-6-27;1-2/h9-10,12,28-29H,1-8,11H2,(H,22,23,24,25);1-2H3. The third-order valence-corrected chi connectivity index (χ3v) is 5.75. The van der Waals surface area contributed by atoms with Gasteiger partial charge in [-0.1, -0.05) is 13.8 Å². The maximum atomic E-state index is 10.3. The van der Waals surface area contributed by atoms with E-state index in [-0.39, 0.29) is 6.61 Å². The van der Waals surface area contributed by atoms with Crippen LogP contribution < -0.4 is 9.80 Å². The molecule has 5 rings (SSSR count). The fourth-order valence-corrected chi connectivity index (χ4v) is 3.82. The topological polar surface area (TPSA) is 136 Å². The van der Waals surface area contributed by atoms with E-state index in [4.69, 9.17) is 9.72 Å². The quantitative estimate of drug-likeness (QED) is 0.536. The van der Waals surface area contributed by atoms with Crippen molar-refractivity contribution in [1.29, 1.82) is 0 Å². The van der Waals surface area contributed by atoms with Gasteiger partial charge in [-0.3, -0.25) is 0 Å². The molecule has 0 unspecified atom stereocenters. The number of hydrogen-bond donors (Lipinski definition) is 3. The van der Waals surface area contributed by atoms with Crippen molar-refractivity contribution in [3.63, 3.8) is 0 Å². The van der Waals surface area contributed by atoms with Crippen molar-refractivity contribution in [2.45, 2.75) is 32.3 Å². The van der Waals surface area contributed by atoms with Crippen LogP contribution >= 0.6 is 0 Å². The van der Waals surface area contributed by atoms with Crippen LogP contribution in [-0.4, -0.2) is 91.7 Å². The molecular formula is C21H30N8O3. The summed E-state index contributed by atoms with van der Waals surface area (Å²) in [5.74, 6) is 1.22. The summed E-state index contributed by atoms with van der Waals surface area (Å²) in [4.78, 5) is 29.9. The molecule has 0 aliphatic carbocycles. The van der Waals surface area contributed by atoms with Crippen LogP contribution in [0.4, 0.5) is 11.9 Å². The number of fused-ring (bicyclic) bond motifs is 1. The first kappa shape index (κ1) is 22.3. The summed E-state index contributed by atoms with van der Waals surface area (Å²) in [6, 6.07) is 0. The van der Waals surface area contributed by atoms with Crippen molar-refractivity contribution in [2.75, 3.05) is 55.8 Å². The Morgan fingerprint density at radius 3 is 2.28 bits per heavy atom. The molecule has 0 radical (unpaired) electrons. The fourth-order valence-electron chi connectivity index (χ4n) is 3.82. The normalized spacial score (nSPS) is 18.4. The van der Waals surface area contributed by atoms with Crippen LogP contribution in [0.25, 0.3) is 22.4 Å². The average molecular weight is 443 g/mol. The molecule has 0 aromatic carbocycles. The lowest BCUT2D eigenvalue weighted by atomic mass is 9.93. The summed E-state index contributed by atoms with van der Waals surface area (Å²) in [7, 11) is 0. The van der Waals surface area contributed by atoms with Crippen LogP contribution in [0.5, 0.6) is 0 Å². The molecule has 2 saturated heterocycles. The van der Waals surface area contributed by atoms with E-state index >= 15 is 0 Å². The summed E-state index contributed by atoms with van der Waals surface area (Å²) in [5, 5.41) is 19.7. The number of anilines is 2. The first-order valence-electron chi connectivity index (χ1n) is 11.1. The van der Waals surface area contributed by atoms with E-state index in [1.165, 1.54) is 0 Å². The van der Waals surface area contributed by atoms with Gasteiger partial charge < -0.3 is 29.7 Å². The van der Waals surface area contributed by atoms with E-state index in [9.17, 15) is 10.2 Å². The predicted octanol–water partition coefficient (Wildman–Crippen LogP) is 0.996. The van der Waals surface area contributed by atoms with Crippen LogP contribution in [0.3, 0.4) is 0 Å². The molecular weight excluding hydrogens is 412 g/mol. The second-order valence-corrected chi connectivity index (χ2v) is 7.71. The zero-order chi connectivity index (χ0) is 22.6. The number of rotatable bonds is 4. The number of morpholine rings is 1. The molecule has 0 spiro atoms. The molecule has 0 bridgehead atoms. The third kappa shape index (κ3) is 4.50. The van der Waals surface area contributed by atoms with Crippen molar-refractivity contribution in [1.82, 2.24) is 29.9 Å². The van der Waals surface area contributed by atoms with Gasteiger partial charge in [0.05, 0.1) is 31.7 Å². The van der Waals surface area contributed by atoms with Gasteiger partial charge in [0.15, 0.2) is 5.65 Å². The van der Waals surface area contributed by atoms with E-state index in [2.05, 4.69) is 29.8 Å². The molecule has 172 valence electrons. The van der Waals surface area contributed by atoms with Crippen molar-refractivity contribution >= 4 is 23.1 Å². The zero-order valence-corrected chi connectivity index (χ0v) is 18.5. The number of imidazole rings is 1. The fraction of sp³-hybridized carbons (Fsp3) is 0.571. The highest BCUT2D eigenvalue weighted by Crippen LogP contribution is 2.29. The van der Waals surface area contributed by atoms with Crippen LogP contribution in [0.2, 0.25) is 0 Å². The summed E-state index contributed by atoms with van der Waals surface area (Å²) < 4.78 is 5.38. The van der Waals surface area contributed by atoms with Crippen LogP contribution in [0.1, 0.15) is 26.7 Å². The maximum Gasteiger partial charge on any atom is 0.228 e. The number of ether oxygens (including phenoxy) is 1. The number of nitrogens with one attached hydrogen (secondary N) is 1. The van der Waals surface area contributed by atoms with Gasteiger partial charge in [-0.15, -0.1) is 0 Å². The molecule has 0 saturated carbocycles. The Labute approximate surface area is 186 Å². The first-order valence-corrected chi connectivity index (χ1v) is 11.1. The Bertz CT molecular complexity index is 1010. The largest absolute Gasteiger partial charge is 0.393 e. The molecule has 3 aromatic heterocycles. The summed E-state index contributed by atoms with van der Waals surface area (Å²) in [6.07, 6.45) is 6.04. The molecule has 2 aliphatic rings. The number of hydrogen-bond acceptors (Lipinski definition) is 10. The Morgan fingerprint density at radius 2 is 1.62 bits per heavy atom. The second kappa shape index (κ2) is 9.72. The SMILES string of the molecule is CC.OCC1(O)CCN(c2nc(-c3cnc(N4CCOCC4)nc3)c3[nH]cnc3n2)CC1. The van der Waals surface area contributed by atoms with E-state index in [0.29, 0.717) is 62.4 Å². The molecule has 11 nitrogen and oxygen atoms in total. The lowest BCUT2D eigenvalue weighted by Crippen LogP contribution is -2.47.